The fraction of sp³-hybridized carbons (Fsp3) is 0.909. The van der Waals surface area contributed by atoms with Crippen LogP contribution < -0.4 is 5.32 Å². The average Bonchev–Trinajstić information content (AvgIpc) is 2.31. The highest BCUT2D eigenvalue weighted by Crippen LogP contribution is 2.05. The first kappa shape index (κ1) is 14.8. The zero-order chi connectivity index (χ0) is 12.1. The number of unbranched alkanes of at least 4 members (excludes halogenated alkanes) is 3. The predicted octanol–water partition coefficient (Wildman–Crippen LogP) is 3.14. The minimum atomic E-state index is -0.0529. The molecule has 0 bridgehead atoms. The van der Waals surface area contributed by atoms with E-state index >= 15 is 0 Å². The van der Waals surface area contributed by atoms with Gasteiger partial charge in [-0.15, -0.1) is 0 Å². The molecule has 0 amide bonds. The topological polar surface area (TPSA) is 84.6 Å². The number of nitrogens with zero attached hydrogens (tertiary/aromatic N) is 4. The van der Waals surface area contributed by atoms with E-state index in [1.165, 1.54) is 19.3 Å². The average molecular weight is 223 g/mol. The van der Waals surface area contributed by atoms with Gasteiger partial charge in [0.25, 0.3) is 0 Å². The van der Waals surface area contributed by atoms with Crippen molar-refractivity contribution in [2.75, 3.05) is 13.1 Å². The van der Waals surface area contributed by atoms with Gasteiger partial charge in [-0.1, -0.05) is 37.7 Å². The largest absolute Gasteiger partial charge is 0.302 e. The Morgan fingerprint density at radius 1 is 1.38 bits per heavy atom. The summed E-state index contributed by atoms with van der Waals surface area (Å²) in [7, 11) is 0. The van der Waals surface area contributed by atoms with Gasteiger partial charge in [0.15, 0.2) is 0 Å². The molecule has 0 spiro atoms. The van der Waals surface area contributed by atoms with E-state index in [0.717, 1.165) is 25.8 Å². The van der Waals surface area contributed by atoms with Gasteiger partial charge in [-0.2, -0.15) is 5.26 Å². The normalized spacial score (nSPS) is 11.5. The molecule has 0 aliphatic rings. The molecule has 0 aromatic carbocycles. The van der Waals surface area contributed by atoms with Crippen molar-refractivity contribution >= 4 is 0 Å². The van der Waals surface area contributed by atoms with E-state index in [4.69, 9.17) is 10.8 Å². The van der Waals surface area contributed by atoms with Gasteiger partial charge < -0.3 is 5.32 Å². The van der Waals surface area contributed by atoms with Crippen molar-refractivity contribution in [2.24, 2.45) is 5.11 Å². The van der Waals surface area contributed by atoms with Crippen LogP contribution in [-0.2, 0) is 0 Å². The van der Waals surface area contributed by atoms with Gasteiger partial charge in [0.1, 0.15) is 0 Å². The zero-order valence-corrected chi connectivity index (χ0v) is 10.0. The van der Waals surface area contributed by atoms with E-state index in [1.807, 2.05) is 0 Å². The van der Waals surface area contributed by atoms with Crippen LogP contribution in [0, 0.1) is 11.3 Å². The first-order valence-corrected chi connectivity index (χ1v) is 5.99. The Kier molecular flexibility index (Phi) is 10.9. The van der Waals surface area contributed by atoms with Crippen LogP contribution >= 0.6 is 0 Å². The number of rotatable bonds is 10. The van der Waals surface area contributed by atoms with E-state index in [0.29, 0.717) is 6.54 Å². The maximum absolute atomic E-state index is 8.89. The minimum Gasteiger partial charge on any atom is -0.302 e. The van der Waals surface area contributed by atoms with Gasteiger partial charge in [0, 0.05) is 11.5 Å². The monoisotopic (exact) mass is 223 g/mol. The van der Waals surface area contributed by atoms with Crippen molar-refractivity contribution in [1.82, 2.24) is 5.32 Å². The van der Waals surface area contributed by atoms with E-state index in [9.17, 15) is 0 Å². The summed E-state index contributed by atoms with van der Waals surface area (Å²) in [4.78, 5) is 2.67. The highest BCUT2D eigenvalue weighted by atomic mass is 15.1. The molecule has 0 radical (unpaired) electrons. The van der Waals surface area contributed by atoms with Crippen LogP contribution in [0.1, 0.15) is 45.4 Å². The summed E-state index contributed by atoms with van der Waals surface area (Å²) in [6.07, 6.45) is 6.48. The fourth-order valence-electron chi connectivity index (χ4n) is 1.46. The van der Waals surface area contributed by atoms with Crippen LogP contribution in [0.4, 0.5) is 0 Å². The Bertz CT molecular complexity index is 239. The van der Waals surface area contributed by atoms with Crippen molar-refractivity contribution in [3.05, 3.63) is 10.4 Å². The number of nitrogens with one attached hydrogen (secondary N) is 1. The number of nitriles is 1. The van der Waals surface area contributed by atoms with Crippen LogP contribution in [0.3, 0.4) is 0 Å². The molecule has 0 fully saturated rings. The Labute approximate surface area is 97.5 Å². The molecular weight excluding hydrogens is 202 g/mol. The summed E-state index contributed by atoms with van der Waals surface area (Å²) >= 11 is 0. The summed E-state index contributed by atoms with van der Waals surface area (Å²) in [5.74, 6) is 0. The zero-order valence-electron chi connectivity index (χ0n) is 10.0. The second-order valence-corrected chi connectivity index (χ2v) is 3.79. The van der Waals surface area contributed by atoms with Crippen LogP contribution in [0.2, 0.25) is 0 Å². The smallest absolute Gasteiger partial charge is 0.0952 e. The quantitative estimate of drug-likeness (QED) is 0.267. The third-order valence-electron chi connectivity index (χ3n) is 2.39. The Morgan fingerprint density at radius 2 is 2.19 bits per heavy atom. The molecule has 0 aromatic rings. The molecule has 0 rings (SSSR count). The van der Waals surface area contributed by atoms with Crippen molar-refractivity contribution in [1.29, 1.82) is 5.26 Å². The third-order valence-corrected chi connectivity index (χ3v) is 2.39. The maximum Gasteiger partial charge on any atom is 0.0952 e. The molecule has 16 heavy (non-hydrogen) atoms. The van der Waals surface area contributed by atoms with Gasteiger partial charge in [-0.25, -0.2) is 0 Å². The van der Waals surface area contributed by atoms with Crippen molar-refractivity contribution in [3.63, 3.8) is 0 Å². The lowest BCUT2D eigenvalue weighted by Gasteiger charge is -2.10. The molecule has 0 aliphatic heterocycles. The van der Waals surface area contributed by atoms with Crippen molar-refractivity contribution in [2.45, 2.75) is 51.5 Å². The van der Waals surface area contributed by atoms with Gasteiger partial charge >= 0.3 is 0 Å². The summed E-state index contributed by atoms with van der Waals surface area (Å²) in [5.41, 5.74) is 8.07. The van der Waals surface area contributed by atoms with E-state index in [2.05, 4.69) is 28.3 Å². The van der Waals surface area contributed by atoms with E-state index in [1.54, 1.807) is 0 Å². The Balaban J connectivity index is 3.44. The maximum atomic E-state index is 8.89. The van der Waals surface area contributed by atoms with Gasteiger partial charge in [0.05, 0.1) is 12.1 Å². The van der Waals surface area contributed by atoms with Gasteiger partial charge in [-0.3, -0.25) is 0 Å². The Hall–Kier alpha value is -1.24. The summed E-state index contributed by atoms with van der Waals surface area (Å²) < 4.78 is 0. The molecule has 1 atom stereocenters. The molecule has 0 saturated carbocycles. The Morgan fingerprint density at radius 3 is 2.81 bits per heavy atom. The lowest BCUT2D eigenvalue weighted by atomic mass is 10.1. The summed E-state index contributed by atoms with van der Waals surface area (Å²) in [5, 5.41) is 15.5. The number of hydrogen-bond acceptors (Lipinski definition) is 3. The fourth-order valence-corrected chi connectivity index (χ4v) is 1.46. The number of hydrogen-bond donors (Lipinski definition) is 1. The standard InChI is InChI=1S/C11H21N5/c1-2-3-4-5-7-11(10-12)14-8-6-9-15-16-13/h11,14H,2-9H2,1H3. The molecular formula is C11H21N5. The molecule has 0 heterocycles. The molecule has 5 nitrogen and oxygen atoms in total. The summed E-state index contributed by atoms with van der Waals surface area (Å²) in [6, 6.07) is 2.20. The summed E-state index contributed by atoms with van der Waals surface area (Å²) in [6.45, 7) is 3.41. The second kappa shape index (κ2) is 11.8. The first-order chi connectivity index (χ1) is 7.85. The molecule has 1 N–H and O–H groups in total. The van der Waals surface area contributed by atoms with Gasteiger partial charge in [0.2, 0.25) is 0 Å². The van der Waals surface area contributed by atoms with Gasteiger partial charge in [-0.05, 0) is 24.9 Å². The SMILES string of the molecule is CCCCCCC(C#N)NCCCN=[N+]=[N-]. The first-order valence-electron chi connectivity index (χ1n) is 5.99. The molecule has 5 heteroatoms. The second-order valence-electron chi connectivity index (χ2n) is 3.79. The third kappa shape index (κ3) is 9.32. The van der Waals surface area contributed by atoms with Crippen LogP contribution in [0.25, 0.3) is 10.4 Å². The highest BCUT2D eigenvalue weighted by molar-refractivity contribution is 4.89. The number of azide groups is 1. The molecule has 0 aromatic heterocycles. The molecule has 1 unspecified atom stereocenters. The van der Waals surface area contributed by atoms with Crippen molar-refractivity contribution < 1.29 is 0 Å². The molecule has 0 saturated heterocycles. The lowest BCUT2D eigenvalue weighted by Crippen LogP contribution is -2.28. The lowest BCUT2D eigenvalue weighted by molar-refractivity contribution is 0.518. The van der Waals surface area contributed by atoms with E-state index in [-0.39, 0.29) is 6.04 Å². The molecule has 0 aliphatic carbocycles. The van der Waals surface area contributed by atoms with Crippen LogP contribution in [0.15, 0.2) is 5.11 Å². The van der Waals surface area contributed by atoms with E-state index < -0.39 is 0 Å². The predicted molar refractivity (Wildman–Crippen MR) is 64.8 cm³/mol. The highest BCUT2D eigenvalue weighted by Gasteiger charge is 2.04. The minimum absolute atomic E-state index is 0.0529. The van der Waals surface area contributed by atoms with Crippen molar-refractivity contribution in [3.8, 4) is 6.07 Å². The van der Waals surface area contributed by atoms with Crippen LogP contribution in [0.5, 0.6) is 0 Å². The van der Waals surface area contributed by atoms with Crippen LogP contribution in [-0.4, -0.2) is 19.1 Å². The molecule has 90 valence electrons.